The van der Waals surface area contributed by atoms with Crippen molar-refractivity contribution in [2.75, 3.05) is 0 Å². The first kappa shape index (κ1) is 62.0. The van der Waals surface area contributed by atoms with Crippen molar-refractivity contribution in [1.82, 2.24) is 23.7 Å². The Morgan fingerprint density at radius 2 is 0.482 bits per heavy atom. The van der Waals surface area contributed by atoms with E-state index < -0.39 is 0 Å². The molecule has 0 atom stereocenters. The number of rotatable bonds is 10. The van der Waals surface area contributed by atoms with Gasteiger partial charge in [0.05, 0.1) is 44.3 Å². The van der Waals surface area contributed by atoms with Gasteiger partial charge in [-0.3, -0.25) is 0 Å². The van der Waals surface area contributed by atoms with Crippen molar-refractivity contribution >= 4 is 142 Å². The van der Waals surface area contributed by atoms with Gasteiger partial charge < -0.3 is 27.0 Å². The summed E-state index contributed by atoms with van der Waals surface area (Å²) in [5.74, 6) is 0.632. The van der Waals surface area contributed by atoms with Crippen LogP contribution in [0.15, 0.2) is 383 Å². The lowest BCUT2D eigenvalue weighted by atomic mass is 9.97. The first-order chi connectivity index (χ1) is 55.4. The summed E-state index contributed by atoms with van der Waals surface area (Å²) in [6.07, 6.45) is 0. The molecule has 8 nitrogen and oxygen atoms in total. The van der Waals surface area contributed by atoms with Gasteiger partial charge >= 0.3 is 0 Å². The first-order valence-corrected chi connectivity index (χ1v) is 38.0. The van der Waals surface area contributed by atoms with E-state index in [1.54, 1.807) is 0 Å². The van der Waals surface area contributed by atoms with E-state index in [1.807, 2.05) is 36.4 Å². The molecule has 0 unspecified atom stereocenters. The maximum atomic E-state index is 6.40. The molecule has 0 aliphatic carbocycles. The third-order valence-electron chi connectivity index (χ3n) is 23.3. The van der Waals surface area contributed by atoms with E-state index in [4.69, 9.17) is 23.2 Å². The van der Waals surface area contributed by atoms with Crippen molar-refractivity contribution in [2.24, 2.45) is 0 Å². The molecule has 0 aliphatic heterocycles. The SMILES string of the molecule is c1cc(-c2nc(-c3cccc(-n4c5ccccc5c5cc(-c6ccc7c(c6)oc6ccccc67)ccc54)c3)c3cc(-c4ccc(-c5ccc(-n6c7ccccc7c7cc(-c8ccc9c(c8)oc8ccccc89)ccc76)cc5)cc4)ccc3n2)cc(-n2c3ccccc3c3cc(-c4ccc5c(c4)oc4ccccc45)ccc32)c1. The van der Waals surface area contributed by atoms with Crippen LogP contribution in [0.25, 0.3) is 237 Å². The molecule has 24 aromatic rings. The largest absolute Gasteiger partial charge is 0.456 e. The molecule has 0 fully saturated rings. The van der Waals surface area contributed by atoms with Gasteiger partial charge in [-0.25, -0.2) is 9.97 Å². The summed E-state index contributed by atoms with van der Waals surface area (Å²) in [5.41, 5.74) is 29.9. The lowest BCUT2D eigenvalue weighted by Gasteiger charge is -2.15. The molecule has 0 aliphatic rings. The van der Waals surface area contributed by atoms with Gasteiger partial charge in [0.1, 0.15) is 33.5 Å². The second-order valence-corrected chi connectivity index (χ2v) is 29.5. The van der Waals surface area contributed by atoms with Gasteiger partial charge in [0.25, 0.3) is 0 Å². The predicted octanol–water partition coefficient (Wildman–Crippen LogP) is 28.3. The predicted molar refractivity (Wildman–Crippen MR) is 462 cm³/mol. The molecule has 0 saturated heterocycles. The van der Waals surface area contributed by atoms with Crippen LogP contribution in [0.5, 0.6) is 0 Å². The first-order valence-electron chi connectivity index (χ1n) is 38.0. The zero-order valence-corrected chi connectivity index (χ0v) is 60.2. The summed E-state index contributed by atoms with van der Waals surface area (Å²) in [5, 5.41) is 14.8. The molecule has 0 spiro atoms. The van der Waals surface area contributed by atoms with Crippen molar-refractivity contribution < 1.29 is 13.3 Å². The molecule has 0 N–H and O–H groups in total. The highest BCUT2D eigenvalue weighted by Crippen LogP contribution is 2.44. The van der Waals surface area contributed by atoms with Crippen LogP contribution in [0.2, 0.25) is 0 Å². The van der Waals surface area contributed by atoms with Crippen molar-refractivity contribution in [2.45, 2.75) is 0 Å². The van der Waals surface area contributed by atoms with Crippen molar-refractivity contribution in [3.05, 3.63) is 370 Å². The number of aromatic nitrogens is 5. The molecule has 8 heteroatoms. The lowest BCUT2D eigenvalue weighted by molar-refractivity contribution is 0.668. The Morgan fingerprint density at radius 3 is 0.938 bits per heavy atom. The van der Waals surface area contributed by atoms with Crippen molar-refractivity contribution in [1.29, 1.82) is 0 Å². The molecule has 0 radical (unpaired) electrons. The number of fused-ring (bicyclic) bond motifs is 19. The zero-order valence-electron chi connectivity index (χ0n) is 60.2. The highest BCUT2D eigenvalue weighted by atomic mass is 16.3. The van der Waals surface area contributed by atoms with E-state index in [1.165, 1.54) is 26.9 Å². The second kappa shape index (κ2) is 24.2. The summed E-state index contributed by atoms with van der Waals surface area (Å²) >= 11 is 0. The number of hydrogen-bond donors (Lipinski definition) is 0. The van der Waals surface area contributed by atoms with E-state index in [-0.39, 0.29) is 0 Å². The van der Waals surface area contributed by atoms with Gasteiger partial charge in [0.15, 0.2) is 5.82 Å². The van der Waals surface area contributed by atoms with Crippen molar-refractivity contribution in [3.63, 3.8) is 0 Å². The van der Waals surface area contributed by atoms with Gasteiger partial charge in [-0.15, -0.1) is 0 Å². The Balaban J connectivity index is 0.598. The molecule has 0 saturated carbocycles. The molecule has 112 heavy (non-hydrogen) atoms. The Morgan fingerprint density at radius 1 is 0.170 bits per heavy atom. The highest BCUT2D eigenvalue weighted by molar-refractivity contribution is 6.15. The van der Waals surface area contributed by atoms with Crippen LogP contribution in [-0.2, 0) is 0 Å². The van der Waals surface area contributed by atoms with E-state index in [0.717, 1.165) is 205 Å². The lowest BCUT2D eigenvalue weighted by Crippen LogP contribution is -1.99. The van der Waals surface area contributed by atoms with Gasteiger partial charge in [-0.1, -0.05) is 212 Å². The van der Waals surface area contributed by atoms with Gasteiger partial charge in [0, 0.05) is 98.2 Å². The minimum absolute atomic E-state index is 0.632. The fourth-order valence-corrected chi connectivity index (χ4v) is 17.9. The molecular formula is C104H61N5O3. The summed E-state index contributed by atoms with van der Waals surface area (Å²) in [7, 11) is 0. The second-order valence-electron chi connectivity index (χ2n) is 29.5. The van der Waals surface area contributed by atoms with Crippen LogP contribution in [0, 0.1) is 0 Å². The Labute approximate surface area is 640 Å². The average Bonchev–Trinajstić information content (AvgIpc) is 1.60. The van der Waals surface area contributed by atoms with Crippen LogP contribution >= 0.6 is 0 Å². The number of nitrogens with zero attached hydrogens (tertiary/aromatic N) is 5. The molecule has 17 aromatic carbocycles. The summed E-state index contributed by atoms with van der Waals surface area (Å²) in [4.78, 5) is 11.2. The molecule has 7 aromatic heterocycles. The molecule has 0 bridgehead atoms. The topological polar surface area (TPSA) is 80.0 Å². The summed E-state index contributed by atoms with van der Waals surface area (Å²) in [6.45, 7) is 0. The van der Waals surface area contributed by atoms with Gasteiger partial charge in [-0.2, -0.15) is 0 Å². The molecular weight excluding hydrogens is 1370 g/mol. The minimum Gasteiger partial charge on any atom is -0.456 e. The maximum Gasteiger partial charge on any atom is 0.160 e. The van der Waals surface area contributed by atoms with Crippen LogP contribution in [-0.4, -0.2) is 23.7 Å². The van der Waals surface area contributed by atoms with Gasteiger partial charge in [-0.05, 0) is 213 Å². The Bertz CT molecular complexity index is 8080. The van der Waals surface area contributed by atoms with Crippen LogP contribution in [0.3, 0.4) is 0 Å². The third-order valence-corrected chi connectivity index (χ3v) is 23.3. The van der Waals surface area contributed by atoms with E-state index in [2.05, 4.69) is 347 Å². The smallest absolute Gasteiger partial charge is 0.160 e. The molecule has 24 rings (SSSR count). The molecule has 7 heterocycles. The van der Waals surface area contributed by atoms with Crippen LogP contribution in [0.4, 0.5) is 0 Å². The average molecular weight is 1430 g/mol. The third kappa shape index (κ3) is 9.68. The quantitative estimate of drug-likeness (QED) is 0.136. The number of hydrogen-bond acceptors (Lipinski definition) is 5. The molecule has 0 amide bonds. The van der Waals surface area contributed by atoms with Crippen LogP contribution < -0.4 is 0 Å². The fourth-order valence-electron chi connectivity index (χ4n) is 17.9. The maximum absolute atomic E-state index is 6.40. The molecule has 520 valence electrons. The van der Waals surface area contributed by atoms with Gasteiger partial charge in [0.2, 0.25) is 0 Å². The number of para-hydroxylation sites is 6. The fraction of sp³-hybridized carbons (Fsp3) is 0. The number of benzene rings is 17. The van der Waals surface area contributed by atoms with E-state index >= 15 is 0 Å². The normalized spacial score (nSPS) is 12.1. The minimum atomic E-state index is 0.632. The summed E-state index contributed by atoms with van der Waals surface area (Å²) in [6, 6.07) is 133. The number of furan rings is 3. The Hall–Kier alpha value is -15.1. The Kier molecular flexibility index (Phi) is 13.4. The van der Waals surface area contributed by atoms with Crippen LogP contribution in [0.1, 0.15) is 0 Å². The van der Waals surface area contributed by atoms with E-state index in [9.17, 15) is 0 Å². The zero-order chi connectivity index (χ0) is 73.2. The highest BCUT2D eigenvalue weighted by Gasteiger charge is 2.23. The monoisotopic (exact) mass is 1430 g/mol. The summed E-state index contributed by atoms with van der Waals surface area (Å²) < 4.78 is 26.3. The van der Waals surface area contributed by atoms with E-state index in [0.29, 0.717) is 5.82 Å². The standard InChI is InChI=1S/C104H61N5O3/c1-7-25-91-77(19-1)86-55-66(69-37-46-83-80-22-4-10-28-97(80)110-100(83)59-69)41-50-94(86)107(91)74-44-35-63(36-45-74)62-31-33-64(34-32-62)65-40-49-90-89(58-65)103(72-15-13-17-75(53-72)108-92-26-8-2-20-78(92)87-56-67(42-51-95(87)108)70-38-47-84-81-23-5-11-29-98(81)111-101(84)60-70)106-104(105-90)73-16-14-18-76(54-73)109-93-27-9-3-21-79(93)88-57-68(43-52-96(88)109)71-39-48-85-82-24-6-12-30-99(82)112-102(85)61-71/h1-61H. The van der Waals surface area contributed by atoms with Crippen molar-refractivity contribution in [3.8, 4) is 95.3 Å².